The minimum Gasteiger partial charge on any atom is -0.497 e. The number of amides is 1. The zero-order valence-electron chi connectivity index (χ0n) is 16.6. The predicted octanol–water partition coefficient (Wildman–Crippen LogP) is 1.58. The van der Waals surface area contributed by atoms with Gasteiger partial charge in [0.25, 0.3) is 0 Å². The number of fused-ring (bicyclic) bond motifs is 1. The van der Waals surface area contributed by atoms with Crippen molar-refractivity contribution in [2.45, 2.75) is 6.04 Å². The fraction of sp³-hybridized carbons (Fsp3) is 0.238. The largest absolute Gasteiger partial charge is 0.497 e. The summed E-state index contributed by atoms with van der Waals surface area (Å²) in [7, 11) is 3.18. The lowest BCUT2D eigenvalue weighted by Crippen LogP contribution is -2.56. The van der Waals surface area contributed by atoms with Gasteiger partial charge < -0.3 is 19.7 Å². The zero-order valence-corrected chi connectivity index (χ0v) is 16.6. The van der Waals surface area contributed by atoms with E-state index in [4.69, 9.17) is 9.47 Å². The van der Waals surface area contributed by atoms with E-state index in [9.17, 15) is 4.79 Å². The third-order valence-corrected chi connectivity index (χ3v) is 4.74. The third-order valence-electron chi connectivity index (χ3n) is 4.74. The summed E-state index contributed by atoms with van der Waals surface area (Å²) >= 11 is 0. The summed E-state index contributed by atoms with van der Waals surface area (Å²) in [5, 5.41) is 11.2. The fourth-order valence-corrected chi connectivity index (χ4v) is 3.14. The van der Waals surface area contributed by atoms with Crippen LogP contribution in [0.1, 0.15) is 11.3 Å². The van der Waals surface area contributed by atoms with Crippen molar-refractivity contribution in [2.75, 3.05) is 32.6 Å². The number of hydrogen-bond acceptors (Lipinski definition) is 7. The number of benzene rings is 1. The van der Waals surface area contributed by atoms with E-state index in [0.717, 1.165) is 5.56 Å². The van der Waals surface area contributed by atoms with Gasteiger partial charge in [-0.2, -0.15) is 5.10 Å². The number of ether oxygens (including phenoxy) is 2. The van der Waals surface area contributed by atoms with E-state index in [2.05, 4.69) is 43.9 Å². The summed E-state index contributed by atoms with van der Waals surface area (Å²) in [5.74, 6) is 8.05. The van der Waals surface area contributed by atoms with Crippen LogP contribution in [-0.2, 0) is 4.79 Å². The van der Waals surface area contributed by atoms with Gasteiger partial charge in [-0.25, -0.2) is 9.97 Å². The number of carbonyl (C=O) groups is 1. The number of nitrogens with zero attached hydrogens (tertiary/aromatic N) is 4. The Balaban J connectivity index is 1.61. The highest BCUT2D eigenvalue weighted by Gasteiger charge is 2.30. The Labute approximate surface area is 173 Å². The molecule has 2 aromatic heterocycles. The van der Waals surface area contributed by atoms with Crippen molar-refractivity contribution >= 4 is 22.8 Å². The molecule has 1 amide bonds. The standard InChI is InChI=1S/C21H20N6O3/c1-4-18(28)27-10-14(11-27)24-20-19-17(25-26-21(19)23-12-22-20)6-5-13-7-15(29-2)9-16(8-13)30-3/h4,7-9,12,14H,1,10-11H2,2-3H3,(H2,22,23,24,25,26). The van der Waals surface area contributed by atoms with Crippen LogP contribution in [0.3, 0.4) is 0 Å². The number of hydrogen-bond donors (Lipinski definition) is 2. The highest BCUT2D eigenvalue weighted by atomic mass is 16.5. The van der Waals surface area contributed by atoms with Crippen molar-refractivity contribution in [3.05, 3.63) is 48.4 Å². The molecule has 3 heterocycles. The number of aromatic nitrogens is 4. The van der Waals surface area contributed by atoms with Gasteiger partial charge in [-0.15, -0.1) is 0 Å². The molecule has 9 nitrogen and oxygen atoms in total. The zero-order chi connectivity index (χ0) is 21.1. The normalized spacial score (nSPS) is 13.2. The Bertz CT molecular complexity index is 1150. The van der Waals surface area contributed by atoms with Gasteiger partial charge in [0.1, 0.15) is 29.3 Å². The molecule has 9 heteroatoms. The quantitative estimate of drug-likeness (QED) is 0.491. The van der Waals surface area contributed by atoms with Gasteiger partial charge in [0, 0.05) is 24.7 Å². The molecule has 1 fully saturated rings. The molecule has 152 valence electrons. The first kappa shape index (κ1) is 19.3. The molecule has 1 aromatic carbocycles. The molecule has 3 aromatic rings. The van der Waals surface area contributed by atoms with Crippen LogP contribution in [0.2, 0.25) is 0 Å². The van der Waals surface area contributed by atoms with E-state index < -0.39 is 0 Å². The molecule has 1 aliphatic rings. The Kier molecular flexibility index (Phi) is 5.22. The Morgan fingerprint density at radius 2 is 1.97 bits per heavy atom. The average Bonchev–Trinajstić information content (AvgIpc) is 3.17. The number of likely N-dealkylation sites (tertiary alicyclic amines) is 1. The Hall–Kier alpha value is -4.06. The van der Waals surface area contributed by atoms with Gasteiger partial charge in [-0.1, -0.05) is 12.5 Å². The summed E-state index contributed by atoms with van der Waals surface area (Å²) in [6.07, 6.45) is 2.76. The van der Waals surface area contributed by atoms with Crippen LogP contribution in [-0.4, -0.2) is 64.3 Å². The molecule has 4 rings (SSSR count). The molecule has 0 spiro atoms. The van der Waals surface area contributed by atoms with Crippen molar-refractivity contribution in [3.8, 4) is 23.3 Å². The maximum Gasteiger partial charge on any atom is 0.246 e. The van der Waals surface area contributed by atoms with E-state index in [-0.39, 0.29) is 11.9 Å². The molecule has 0 atom stereocenters. The number of rotatable bonds is 5. The van der Waals surface area contributed by atoms with Crippen LogP contribution < -0.4 is 14.8 Å². The molecule has 2 N–H and O–H groups in total. The first-order valence-electron chi connectivity index (χ1n) is 9.23. The maximum absolute atomic E-state index is 11.6. The van der Waals surface area contributed by atoms with Gasteiger partial charge in [-0.05, 0) is 24.1 Å². The summed E-state index contributed by atoms with van der Waals surface area (Å²) < 4.78 is 10.6. The minimum atomic E-state index is -0.0792. The van der Waals surface area contributed by atoms with Crippen molar-refractivity contribution in [1.82, 2.24) is 25.1 Å². The fourth-order valence-electron chi connectivity index (χ4n) is 3.14. The second-order valence-corrected chi connectivity index (χ2v) is 6.66. The third kappa shape index (κ3) is 3.75. The number of anilines is 1. The van der Waals surface area contributed by atoms with Crippen molar-refractivity contribution < 1.29 is 14.3 Å². The molecular formula is C21H20N6O3. The molecule has 0 radical (unpaired) electrons. The second kappa shape index (κ2) is 8.13. The van der Waals surface area contributed by atoms with Gasteiger partial charge >= 0.3 is 0 Å². The number of nitrogens with one attached hydrogen (secondary N) is 2. The monoisotopic (exact) mass is 404 g/mol. The lowest BCUT2D eigenvalue weighted by Gasteiger charge is -2.39. The SMILES string of the molecule is C=CC(=O)N1CC(Nc2ncnc3n[nH]c(C#Cc4cc(OC)cc(OC)c4)c23)C1. The first-order chi connectivity index (χ1) is 14.6. The smallest absolute Gasteiger partial charge is 0.246 e. The van der Waals surface area contributed by atoms with Gasteiger partial charge in [0.15, 0.2) is 5.65 Å². The van der Waals surface area contributed by atoms with Crippen LogP contribution in [0.4, 0.5) is 5.82 Å². The van der Waals surface area contributed by atoms with E-state index in [1.165, 1.54) is 12.4 Å². The lowest BCUT2D eigenvalue weighted by atomic mass is 10.1. The molecule has 30 heavy (non-hydrogen) atoms. The molecule has 1 saturated heterocycles. The first-order valence-corrected chi connectivity index (χ1v) is 9.23. The van der Waals surface area contributed by atoms with Crippen LogP contribution in [0.25, 0.3) is 11.0 Å². The van der Waals surface area contributed by atoms with Crippen LogP contribution in [0, 0.1) is 11.8 Å². The number of H-pyrrole nitrogens is 1. The highest BCUT2D eigenvalue weighted by molar-refractivity contribution is 5.92. The highest BCUT2D eigenvalue weighted by Crippen LogP contribution is 2.25. The molecular weight excluding hydrogens is 384 g/mol. The number of aromatic amines is 1. The summed E-state index contributed by atoms with van der Waals surface area (Å²) in [4.78, 5) is 21.9. The summed E-state index contributed by atoms with van der Waals surface area (Å²) in [6, 6.07) is 5.52. The van der Waals surface area contributed by atoms with Crippen molar-refractivity contribution in [2.24, 2.45) is 0 Å². The minimum absolute atomic E-state index is 0.0792. The molecule has 0 aliphatic carbocycles. The topological polar surface area (TPSA) is 105 Å². The van der Waals surface area contributed by atoms with Gasteiger partial charge in [-0.3, -0.25) is 9.89 Å². The molecule has 0 bridgehead atoms. The second-order valence-electron chi connectivity index (χ2n) is 6.66. The predicted molar refractivity (Wildman–Crippen MR) is 111 cm³/mol. The summed E-state index contributed by atoms with van der Waals surface area (Å²) in [6.45, 7) is 4.67. The number of carbonyl (C=O) groups excluding carboxylic acids is 1. The summed E-state index contributed by atoms with van der Waals surface area (Å²) in [5.41, 5.74) is 1.84. The average molecular weight is 404 g/mol. The molecule has 0 saturated carbocycles. The van der Waals surface area contributed by atoms with Gasteiger partial charge in [0.2, 0.25) is 5.91 Å². The van der Waals surface area contributed by atoms with Gasteiger partial charge in [0.05, 0.1) is 25.6 Å². The molecule has 0 unspecified atom stereocenters. The van der Waals surface area contributed by atoms with E-state index >= 15 is 0 Å². The number of methoxy groups -OCH3 is 2. The van der Waals surface area contributed by atoms with Crippen LogP contribution >= 0.6 is 0 Å². The van der Waals surface area contributed by atoms with E-state index in [1.54, 1.807) is 25.2 Å². The van der Waals surface area contributed by atoms with Crippen LogP contribution in [0.15, 0.2) is 37.2 Å². The maximum atomic E-state index is 11.6. The van der Waals surface area contributed by atoms with E-state index in [1.807, 2.05) is 12.1 Å². The molecule has 1 aliphatic heterocycles. The van der Waals surface area contributed by atoms with E-state index in [0.29, 0.717) is 47.1 Å². The van der Waals surface area contributed by atoms with Crippen LogP contribution in [0.5, 0.6) is 11.5 Å². The Morgan fingerprint density at radius 3 is 2.63 bits per heavy atom. The van der Waals surface area contributed by atoms with Crippen molar-refractivity contribution in [1.29, 1.82) is 0 Å². The Morgan fingerprint density at radius 1 is 1.23 bits per heavy atom. The lowest BCUT2D eigenvalue weighted by molar-refractivity contribution is -0.129. The van der Waals surface area contributed by atoms with Crippen molar-refractivity contribution in [3.63, 3.8) is 0 Å².